The molecule has 1 aromatic heterocycles. The number of esters is 1. The zero-order valence-corrected chi connectivity index (χ0v) is 11.4. The smallest absolute Gasteiger partial charge is 0.321 e. The van der Waals surface area contributed by atoms with Crippen LogP contribution in [0.25, 0.3) is 10.8 Å². The van der Waals surface area contributed by atoms with Gasteiger partial charge in [0.05, 0.1) is 13.4 Å². The molecule has 0 saturated carbocycles. The molecule has 0 saturated heterocycles. The zero-order chi connectivity index (χ0) is 14.8. The number of rotatable bonds is 3. The van der Waals surface area contributed by atoms with Crippen molar-refractivity contribution in [3.8, 4) is 5.75 Å². The Hall–Kier alpha value is -2.75. The van der Waals surface area contributed by atoms with Crippen LogP contribution in [0.3, 0.4) is 0 Å². The lowest BCUT2D eigenvalue weighted by molar-refractivity contribution is -0.141. The van der Waals surface area contributed by atoms with E-state index in [9.17, 15) is 9.90 Å². The fourth-order valence-corrected chi connectivity index (χ4v) is 2.46. The molecule has 1 unspecified atom stereocenters. The van der Waals surface area contributed by atoms with Gasteiger partial charge in [-0.15, -0.1) is 0 Å². The second-order valence-electron chi connectivity index (χ2n) is 4.70. The highest BCUT2D eigenvalue weighted by Gasteiger charge is 2.30. The Bertz CT molecular complexity index is 788. The molecular formula is C17H14O4. The molecule has 4 nitrogen and oxygen atoms in total. The average molecular weight is 282 g/mol. The third-order valence-electron chi connectivity index (χ3n) is 3.49. The van der Waals surface area contributed by atoms with Crippen LogP contribution in [0, 0.1) is 0 Å². The van der Waals surface area contributed by atoms with Crippen LogP contribution in [0.2, 0.25) is 0 Å². The Morgan fingerprint density at radius 3 is 2.62 bits per heavy atom. The first kappa shape index (κ1) is 13.2. The predicted molar refractivity (Wildman–Crippen MR) is 78.2 cm³/mol. The molecule has 1 atom stereocenters. The molecule has 0 radical (unpaired) electrons. The number of benzene rings is 2. The van der Waals surface area contributed by atoms with E-state index in [1.807, 2.05) is 24.3 Å². The number of carbonyl (C=O) groups excluding carboxylic acids is 1. The molecule has 4 heteroatoms. The van der Waals surface area contributed by atoms with Crippen LogP contribution in [0.1, 0.15) is 17.2 Å². The molecule has 3 rings (SSSR count). The molecule has 0 aliphatic heterocycles. The SMILES string of the molecule is COC(=O)C(c1ccccc1O)c1occ2ccccc12. The van der Waals surface area contributed by atoms with Crippen LogP contribution in [0.5, 0.6) is 5.75 Å². The molecule has 1 N–H and O–H groups in total. The number of aromatic hydroxyl groups is 1. The van der Waals surface area contributed by atoms with Crippen molar-refractivity contribution in [3.63, 3.8) is 0 Å². The number of ether oxygens (including phenoxy) is 1. The first-order chi connectivity index (χ1) is 10.2. The maximum absolute atomic E-state index is 12.2. The van der Waals surface area contributed by atoms with Crippen LogP contribution in [-0.4, -0.2) is 18.2 Å². The van der Waals surface area contributed by atoms with Crippen LogP contribution in [0.15, 0.2) is 59.2 Å². The Kier molecular flexibility index (Phi) is 3.36. The monoisotopic (exact) mass is 282 g/mol. The molecule has 0 bridgehead atoms. The molecule has 106 valence electrons. The van der Waals surface area contributed by atoms with Gasteiger partial charge in [0.2, 0.25) is 0 Å². The van der Waals surface area contributed by atoms with Crippen LogP contribution in [0.4, 0.5) is 0 Å². The maximum Gasteiger partial charge on any atom is 0.321 e. The Morgan fingerprint density at radius 2 is 1.86 bits per heavy atom. The number of para-hydroxylation sites is 1. The lowest BCUT2D eigenvalue weighted by atomic mass is 9.93. The summed E-state index contributed by atoms with van der Waals surface area (Å²) < 4.78 is 10.5. The lowest BCUT2D eigenvalue weighted by Gasteiger charge is -2.14. The average Bonchev–Trinajstić information content (AvgIpc) is 2.93. The van der Waals surface area contributed by atoms with Crippen LogP contribution < -0.4 is 0 Å². The van der Waals surface area contributed by atoms with Crippen molar-refractivity contribution in [3.05, 3.63) is 66.1 Å². The van der Waals surface area contributed by atoms with Gasteiger partial charge in [-0.1, -0.05) is 42.5 Å². The van der Waals surface area contributed by atoms with Gasteiger partial charge in [0, 0.05) is 16.3 Å². The summed E-state index contributed by atoms with van der Waals surface area (Å²) in [5, 5.41) is 11.8. The highest BCUT2D eigenvalue weighted by Crippen LogP contribution is 2.36. The zero-order valence-electron chi connectivity index (χ0n) is 11.4. The number of carbonyl (C=O) groups is 1. The minimum absolute atomic E-state index is 0.0355. The van der Waals surface area contributed by atoms with Gasteiger partial charge in [0.1, 0.15) is 17.4 Å². The summed E-state index contributed by atoms with van der Waals surface area (Å²) in [5.74, 6) is -0.764. The van der Waals surface area contributed by atoms with Crippen molar-refractivity contribution in [2.45, 2.75) is 5.92 Å². The van der Waals surface area contributed by atoms with Gasteiger partial charge in [-0.25, -0.2) is 0 Å². The molecule has 2 aromatic carbocycles. The molecule has 0 fully saturated rings. The highest BCUT2D eigenvalue weighted by molar-refractivity contribution is 5.91. The third kappa shape index (κ3) is 2.25. The Morgan fingerprint density at radius 1 is 1.14 bits per heavy atom. The number of hydrogen-bond donors (Lipinski definition) is 1. The quantitative estimate of drug-likeness (QED) is 0.747. The molecule has 3 aromatic rings. The normalized spacial score (nSPS) is 12.2. The summed E-state index contributed by atoms with van der Waals surface area (Å²) >= 11 is 0. The molecule has 21 heavy (non-hydrogen) atoms. The highest BCUT2D eigenvalue weighted by atomic mass is 16.5. The fraction of sp³-hybridized carbons (Fsp3) is 0.118. The van der Waals surface area contributed by atoms with E-state index >= 15 is 0 Å². The number of phenolic OH excluding ortho intramolecular Hbond substituents is 1. The van der Waals surface area contributed by atoms with Crippen molar-refractivity contribution >= 4 is 16.7 Å². The van der Waals surface area contributed by atoms with Gasteiger partial charge >= 0.3 is 5.97 Å². The van der Waals surface area contributed by atoms with E-state index in [0.717, 1.165) is 10.8 Å². The number of hydrogen-bond acceptors (Lipinski definition) is 4. The van der Waals surface area contributed by atoms with Crippen molar-refractivity contribution < 1.29 is 19.1 Å². The standard InChI is InChI=1S/C17H14O4/c1-20-17(19)15(13-8-4-5-9-14(13)18)16-12-7-3-2-6-11(12)10-21-16/h2-10,15,18H,1H3. The molecule has 0 amide bonds. The van der Waals surface area contributed by atoms with Gasteiger partial charge in [0.15, 0.2) is 0 Å². The minimum Gasteiger partial charge on any atom is -0.508 e. The van der Waals surface area contributed by atoms with Gasteiger partial charge in [-0.05, 0) is 6.07 Å². The van der Waals surface area contributed by atoms with Crippen molar-refractivity contribution in [2.24, 2.45) is 0 Å². The second-order valence-corrected chi connectivity index (χ2v) is 4.70. The summed E-state index contributed by atoms with van der Waals surface area (Å²) in [6, 6.07) is 14.2. The van der Waals surface area contributed by atoms with E-state index in [2.05, 4.69) is 0 Å². The largest absolute Gasteiger partial charge is 0.508 e. The first-order valence-electron chi connectivity index (χ1n) is 6.54. The summed E-state index contributed by atoms with van der Waals surface area (Å²) in [7, 11) is 1.32. The Balaban J connectivity index is 2.21. The van der Waals surface area contributed by atoms with Crippen LogP contribution >= 0.6 is 0 Å². The topological polar surface area (TPSA) is 59.7 Å². The molecule has 1 heterocycles. The summed E-state index contributed by atoms with van der Waals surface area (Å²) in [4.78, 5) is 12.2. The van der Waals surface area contributed by atoms with E-state index < -0.39 is 11.9 Å². The van der Waals surface area contributed by atoms with Gasteiger partial charge in [-0.2, -0.15) is 0 Å². The van der Waals surface area contributed by atoms with E-state index in [4.69, 9.17) is 9.15 Å². The summed E-state index contributed by atoms with van der Waals surface area (Å²) in [6.07, 6.45) is 1.60. The Labute approximate surface area is 121 Å². The van der Waals surface area contributed by atoms with E-state index in [1.54, 1.807) is 24.5 Å². The third-order valence-corrected chi connectivity index (χ3v) is 3.49. The molecule has 0 aliphatic carbocycles. The molecular weight excluding hydrogens is 268 g/mol. The maximum atomic E-state index is 12.2. The van der Waals surface area contributed by atoms with E-state index in [0.29, 0.717) is 11.3 Å². The number of phenols is 1. The summed E-state index contributed by atoms with van der Waals surface area (Å²) in [5.41, 5.74) is 0.462. The fourth-order valence-electron chi connectivity index (χ4n) is 2.46. The van der Waals surface area contributed by atoms with Gasteiger partial charge < -0.3 is 14.3 Å². The van der Waals surface area contributed by atoms with Crippen molar-refractivity contribution in [1.82, 2.24) is 0 Å². The second kappa shape index (κ2) is 5.32. The number of fused-ring (bicyclic) bond motifs is 1. The van der Waals surface area contributed by atoms with Crippen LogP contribution in [-0.2, 0) is 9.53 Å². The number of furan rings is 1. The molecule has 0 aliphatic rings. The van der Waals surface area contributed by atoms with E-state index in [-0.39, 0.29) is 5.75 Å². The molecule has 0 spiro atoms. The summed E-state index contributed by atoms with van der Waals surface area (Å²) in [6.45, 7) is 0. The van der Waals surface area contributed by atoms with Gasteiger partial charge in [-0.3, -0.25) is 4.79 Å². The van der Waals surface area contributed by atoms with Gasteiger partial charge in [0.25, 0.3) is 0 Å². The predicted octanol–water partition coefficient (Wildman–Crippen LogP) is 3.44. The van der Waals surface area contributed by atoms with Crippen molar-refractivity contribution in [2.75, 3.05) is 7.11 Å². The number of methoxy groups -OCH3 is 1. The first-order valence-corrected chi connectivity index (χ1v) is 6.54. The lowest BCUT2D eigenvalue weighted by Crippen LogP contribution is -2.15. The van der Waals surface area contributed by atoms with Crippen molar-refractivity contribution in [1.29, 1.82) is 0 Å². The minimum atomic E-state index is -0.795. The van der Waals surface area contributed by atoms with E-state index in [1.165, 1.54) is 13.2 Å².